The lowest BCUT2D eigenvalue weighted by Gasteiger charge is -2.10. The number of carbonyl (C=O) groups is 1. The minimum atomic E-state index is -1.23. The van der Waals surface area contributed by atoms with E-state index in [1.807, 2.05) is 0 Å². The van der Waals surface area contributed by atoms with Gasteiger partial charge in [-0.3, -0.25) is 4.99 Å². The predicted molar refractivity (Wildman–Crippen MR) is 73.3 cm³/mol. The van der Waals surface area contributed by atoms with Gasteiger partial charge in [0.05, 0.1) is 0 Å². The third-order valence-corrected chi connectivity index (χ3v) is 2.43. The van der Waals surface area contributed by atoms with Crippen molar-refractivity contribution in [1.82, 2.24) is 0 Å². The summed E-state index contributed by atoms with van der Waals surface area (Å²) in [6.45, 7) is 6.37. The summed E-state index contributed by atoms with van der Waals surface area (Å²) in [7, 11) is 0. The Morgan fingerprint density at radius 1 is 1.33 bits per heavy atom. The van der Waals surface area contributed by atoms with Crippen LogP contribution in [0, 0.1) is 5.92 Å². The van der Waals surface area contributed by atoms with Crippen molar-refractivity contribution in [3.63, 3.8) is 0 Å². The number of carboxylic acid groups (broad SMARTS) is 1. The van der Waals surface area contributed by atoms with Gasteiger partial charge in [-0.25, -0.2) is 4.79 Å². The molecule has 0 radical (unpaired) electrons. The van der Waals surface area contributed by atoms with Gasteiger partial charge in [0.2, 0.25) is 0 Å². The highest BCUT2D eigenvalue weighted by atomic mass is 16.4. The first-order chi connectivity index (χ1) is 8.34. The van der Waals surface area contributed by atoms with Crippen LogP contribution in [0.5, 0.6) is 0 Å². The number of aliphatic hydroxyl groups excluding tert-OH is 1. The molecule has 0 saturated carbocycles. The zero-order valence-electron chi connectivity index (χ0n) is 11.6. The number of aliphatic imine (C=N–C) groups is 1. The van der Waals surface area contributed by atoms with Crippen LogP contribution in [-0.4, -0.2) is 34.8 Å². The third-order valence-electron chi connectivity index (χ3n) is 2.43. The van der Waals surface area contributed by atoms with Crippen LogP contribution in [0.4, 0.5) is 0 Å². The van der Waals surface area contributed by atoms with E-state index in [0.717, 1.165) is 13.0 Å². The summed E-state index contributed by atoms with van der Waals surface area (Å²) in [6, 6.07) is 0. The van der Waals surface area contributed by atoms with Crippen molar-refractivity contribution in [1.29, 1.82) is 0 Å². The number of nitrogens with zero attached hydrogens (tertiary/aromatic N) is 1. The number of hydrogen-bond acceptors (Lipinski definition) is 3. The van der Waals surface area contributed by atoms with Crippen molar-refractivity contribution < 1.29 is 15.0 Å². The van der Waals surface area contributed by atoms with E-state index in [0.29, 0.717) is 5.92 Å². The molecule has 18 heavy (non-hydrogen) atoms. The Kier molecular flexibility index (Phi) is 12.9. The van der Waals surface area contributed by atoms with E-state index in [2.05, 4.69) is 18.8 Å². The molecular formula is C12H27N3O3. The predicted octanol–water partition coefficient (Wildman–Crippen LogP) is 0.928. The van der Waals surface area contributed by atoms with E-state index in [1.165, 1.54) is 26.2 Å². The SMILES string of the molecule is CC(O)C(=O)O.CCCCC(CC)CN=C(N)N. The van der Waals surface area contributed by atoms with Crippen molar-refractivity contribution in [3.8, 4) is 0 Å². The van der Waals surface area contributed by atoms with Crippen molar-refractivity contribution >= 4 is 11.9 Å². The van der Waals surface area contributed by atoms with Gasteiger partial charge in [-0.2, -0.15) is 0 Å². The minimum absolute atomic E-state index is 0.213. The fourth-order valence-corrected chi connectivity index (χ4v) is 1.15. The number of aliphatic hydroxyl groups is 1. The Bertz CT molecular complexity index is 239. The van der Waals surface area contributed by atoms with Crippen LogP contribution in [0.15, 0.2) is 4.99 Å². The molecule has 6 N–H and O–H groups in total. The highest BCUT2D eigenvalue weighted by Gasteiger charge is 2.03. The zero-order valence-corrected chi connectivity index (χ0v) is 11.6. The number of nitrogens with two attached hydrogens (primary N) is 2. The standard InChI is InChI=1S/C9H21N3.C3H6O3/c1-3-5-6-8(4-2)7-12-9(10)11;1-2(4)3(5)6/h8H,3-7H2,1-2H3,(H4,10,11,12);2,4H,1H3,(H,5,6). The lowest BCUT2D eigenvalue weighted by Crippen LogP contribution is -2.24. The fourth-order valence-electron chi connectivity index (χ4n) is 1.15. The molecule has 6 heteroatoms. The van der Waals surface area contributed by atoms with Crippen molar-refractivity contribution in [2.45, 2.75) is 52.6 Å². The van der Waals surface area contributed by atoms with E-state index in [4.69, 9.17) is 21.7 Å². The summed E-state index contributed by atoms with van der Waals surface area (Å²) in [5, 5.41) is 15.8. The molecule has 0 amide bonds. The van der Waals surface area contributed by atoms with Crippen LogP contribution in [0.2, 0.25) is 0 Å². The third kappa shape index (κ3) is 14.7. The second-order valence-corrected chi connectivity index (χ2v) is 4.20. The second kappa shape index (κ2) is 12.2. The lowest BCUT2D eigenvalue weighted by molar-refractivity contribution is -0.145. The molecule has 0 heterocycles. The molecule has 0 spiro atoms. The number of hydrogen-bond donors (Lipinski definition) is 4. The van der Waals surface area contributed by atoms with Gasteiger partial charge in [0.25, 0.3) is 0 Å². The molecule has 0 aliphatic rings. The first-order valence-corrected chi connectivity index (χ1v) is 6.31. The smallest absolute Gasteiger partial charge is 0.332 e. The largest absolute Gasteiger partial charge is 0.479 e. The Balaban J connectivity index is 0. The normalized spacial score (nSPS) is 12.9. The van der Waals surface area contributed by atoms with Crippen LogP contribution < -0.4 is 11.5 Å². The van der Waals surface area contributed by atoms with Gasteiger partial charge in [0.1, 0.15) is 6.10 Å². The quantitative estimate of drug-likeness (QED) is 0.401. The molecule has 2 atom stereocenters. The molecule has 108 valence electrons. The Labute approximate surface area is 109 Å². The maximum absolute atomic E-state index is 9.45. The van der Waals surface area contributed by atoms with Crippen LogP contribution in [0.25, 0.3) is 0 Å². The molecule has 2 unspecified atom stereocenters. The lowest BCUT2D eigenvalue weighted by atomic mass is 10.00. The number of rotatable bonds is 7. The molecule has 6 nitrogen and oxygen atoms in total. The van der Waals surface area contributed by atoms with Gasteiger partial charge < -0.3 is 21.7 Å². The van der Waals surface area contributed by atoms with E-state index in [-0.39, 0.29) is 5.96 Å². The maximum atomic E-state index is 9.45. The highest BCUT2D eigenvalue weighted by Crippen LogP contribution is 2.12. The average Bonchev–Trinajstić information content (AvgIpc) is 2.29. The molecular weight excluding hydrogens is 234 g/mol. The topological polar surface area (TPSA) is 122 Å². The molecule has 0 aromatic heterocycles. The minimum Gasteiger partial charge on any atom is -0.479 e. The Morgan fingerprint density at radius 2 is 1.83 bits per heavy atom. The molecule has 0 bridgehead atoms. The van der Waals surface area contributed by atoms with Gasteiger partial charge in [-0.15, -0.1) is 0 Å². The summed E-state index contributed by atoms with van der Waals surface area (Å²) < 4.78 is 0. The zero-order chi connectivity index (χ0) is 14.6. The van der Waals surface area contributed by atoms with E-state index >= 15 is 0 Å². The molecule has 0 rings (SSSR count). The van der Waals surface area contributed by atoms with Gasteiger partial charge in [-0.1, -0.05) is 33.1 Å². The number of carboxylic acids is 1. The summed E-state index contributed by atoms with van der Waals surface area (Å²) in [4.78, 5) is 13.5. The van der Waals surface area contributed by atoms with E-state index in [1.54, 1.807) is 0 Å². The first kappa shape index (κ1) is 19.0. The Morgan fingerprint density at radius 3 is 2.11 bits per heavy atom. The first-order valence-electron chi connectivity index (χ1n) is 6.31. The Hall–Kier alpha value is -1.30. The highest BCUT2D eigenvalue weighted by molar-refractivity contribution is 5.75. The maximum Gasteiger partial charge on any atom is 0.332 e. The van der Waals surface area contributed by atoms with Crippen LogP contribution >= 0.6 is 0 Å². The van der Waals surface area contributed by atoms with Crippen molar-refractivity contribution in [2.24, 2.45) is 22.4 Å². The summed E-state index contributed by atoms with van der Waals surface area (Å²) in [5.41, 5.74) is 10.5. The average molecular weight is 261 g/mol. The number of guanidine groups is 1. The molecule has 0 aliphatic carbocycles. The summed E-state index contributed by atoms with van der Waals surface area (Å²) in [6.07, 6.45) is 3.70. The van der Waals surface area contributed by atoms with Crippen molar-refractivity contribution in [2.75, 3.05) is 6.54 Å². The second-order valence-electron chi connectivity index (χ2n) is 4.20. The molecule has 0 aromatic carbocycles. The number of unbranched alkanes of at least 4 members (excludes halogenated alkanes) is 1. The summed E-state index contributed by atoms with van der Waals surface area (Å²) in [5.74, 6) is -0.313. The van der Waals surface area contributed by atoms with Crippen LogP contribution in [-0.2, 0) is 4.79 Å². The van der Waals surface area contributed by atoms with Crippen LogP contribution in [0.3, 0.4) is 0 Å². The van der Waals surface area contributed by atoms with E-state index < -0.39 is 12.1 Å². The van der Waals surface area contributed by atoms with Gasteiger partial charge in [0.15, 0.2) is 5.96 Å². The fraction of sp³-hybridized carbons (Fsp3) is 0.833. The van der Waals surface area contributed by atoms with Gasteiger partial charge in [-0.05, 0) is 19.3 Å². The van der Waals surface area contributed by atoms with Gasteiger partial charge in [0, 0.05) is 6.54 Å². The monoisotopic (exact) mass is 261 g/mol. The van der Waals surface area contributed by atoms with E-state index in [9.17, 15) is 4.79 Å². The van der Waals surface area contributed by atoms with Gasteiger partial charge >= 0.3 is 5.97 Å². The number of aliphatic carboxylic acids is 1. The molecule has 0 aliphatic heterocycles. The molecule has 0 aromatic rings. The molecule has 0 fully saturated rings. The molecule has 0 saturated heterocycles. The van der Waals surface area contributed by atoms with Crippen molar-refractivity contribution in [3.05, 3.63) is 0 Å². The van der Waals surface area contributed by atoms with Crippen LogP contribution in [0.1, 0.15) is 46.5 Å². The summed E-state index contributed by atoms with van der Waals surface area (Å²) >= 11 is 0.